The van der Waals surface area contributed by atoms with Crippen molar-refractivity contribution in [1.82, 2.24) is 0 Å². The van der Waals surface area contributed by atoms with Crippen LogP contribution in [0.3, 0.4) is 0 Å². The van der Waals surface area contributed by atoms with Gasteiger partial charge in [0.25, 0.3) is 0 Å². The van der Waals surface area contributed by atoms with Gasteiger partial charge in [0, 0.05) is 0 Å². The van der Waals surface area contributed by atoms with E-state index in [4.69, 9.17) is 4.74 Å². The van der Waals surface area contributed by atoms with Gasteiger partial charge in [-0.2, -0.15) is 0 Å². The first kappa shape index (κ1) is 15.1. The normalized spacial score (nSPS) is 10.7. The van der Waals surface area contributed by atoms with E-state index in [9.17, 15) is 0 Å². The highest BCUT2D eigenvalue weighted by molar-refractivity contribution is 5.40. The smallest absolute Gasteiger partial charge is 0.122 e. The quantitative estimate of drug-likeness (QED) is 0.563. The lowest BCUT2D eigenvalue weighted by Gasteiger charge is -2.11. The summed E-state index contributed by atoms with van der Waals surface area (Å²) >= 11 is 0. The minimum absolute atomic E-state index is 0.857. The van der Waals surface area contributed by atoms with Crippen LogP contribution < -0.4 is 4.74 Å². The Hall–Kier alpha value is -0.980. The molecule has 0 aliphatic carbocycles. The molecule has 0 unspecified atom stereocenters. The summed E-state index contributed by atoms with van der Waals surface area (Å²) in [6.45, 7) is 9.54. The van der Waals surface area contributed by atoms with Crippen molar-refractivity contribution >= 4 is 0 Å². The van der Waals surface area contributed by atoms with Crippen LogP contribution in [0.1, 0.15) is 62.1 Å². The minimum Gasteiger partial charge on any atom is -0.493 e. The van der Waals surface area contributed by atoms with Gasteiger partial charge in [0.05, 0.1) is 6.61 Å². The van der Waals surface area contributed by atoms with E-state index in [2.05, 4.69) is 39.8 Å². The molecule has 0 heterocycles. The second kappa shape index (κ2) is 8.18. The van der Waals surface area contributed by atoms with Crippen LogP contribution in [0, 0.1) is 20.8 Å². The van der Waals surface area contributed by atoms with E-state index in [1.807, 2.05) is 0 Å². The summed E-state index contributed by atoms with van der Waals surface area (Å²) < 4.78 is 5.88. The monoisotopic (exact) mass is 248 g/mol. The fourth-order valence-electron chi connectivity index (χ4n) is 2.15. The summed E-state index contributed by atoms with van der Waals surface area (Å²) in [6.07, 6.45) is 7.89. The predicted molar refractivity (Wildman–Crippen MR) is 79.5 cm³/mol. The standard InChI is InChI=1S/C17H28O/c1-5-6-7-8-9-10-11-18-17-13-15(3)14(2)12-16(17)4/h12-13H,5-11H2,1-4H3. The van der Waals surface area contributed by atoms with E-state index < -0.39 is 0 Å². The number of ether oxygens (including phenoxy) is 1. The Morgan fingerprint density at radius 3 is 2.11 bits per heavy atom. The third-order valence-corrected chi connectivity index (χ3v) is 3.55. The Kier molecular flexibility index (Phi) is 6.85. The molecular weight excluding hydrogens is 220 g/mol. The Morgan fingerprint density at radius 1 is 0.778 bits per heavy atom. The molecule has 0 aliphatic heterocycles. The van der Waals surface area contributed by atoms with Crippen molar-refractivity contribution in [1.29, 1.82) is 0 Å². The highest BCUT2D eigenvalue weighted by Gasteiger charge is 2.02. The van der Waals surface area contributed by atoms with E-state index in [-0.39, 0.29) is 0 Å². The number of benzene rings is 1. The molecule has 0 aromatic heterocycles. The van der Waals surface area contributed by atoms with Gasteiger partial charge in [0.15, 0.2) is 0 Å². The summed E-state index contributed by atoms with van der Waals surface area (Å²) in [4.78, 5) is 0. The van der Waals surface area contributed by atoms with E-state index >= 15 is 0 Å². The maximum Gasteiger partial charge on any atom is 0.122 e. The lowest BCUT2D eigenvalue weighted by molar-refractivity contribution is 0.302. The SMILES string of the molecule is CCCCCCCCOc1cc(C)c(C)cc1C. The Morgan fingerprint density at radius 2 is 1.39 bits per heavy atom. The predicted octanol–water partition coefficient (Wildman–Crippen LogP) is 5.35. The summed E-state index contributed by atoms with van der Waals surface area (Å²) in [5.74, 6) is 1.06. The molecule has 0 amide bonds. The van der Waals surface area contributed by atoms with Crippen LogP contribution in [0.5, 0.6) is 5.75 Å². The summed E-state index contributed by atoms with van der Waals surface area (Å²) in [5.41, 5.74) is 3.92. The largest absolute Gasteiger partial charge is 0.493 e. The highest BCUT2D eigenvalue weighted by Crippen LogP contribution is 2.22. The average Bonchev–Trinajstić information content (AvgIpc) is 2.34. The van der Waals surface area contributed by atoms with Gasteiger partial charge in [0.1, 0.15) is 5.75 Å². The fourth-order valence-corrected chi connectivity index (χ4v) is 2.15. The van der Waals surface area contributed by atoms with Gasteiger partial charge in [0.2, 0.25) is 0 Å². The molecule has 1 aromatic rings. The van der Waals surface area contributed by atoms with E-state index in [1.54, 1.807) is 0 Å². The minimum atomic E-state index is 0.857. The first-order valence-electron chi connectivity index (χ1n) is 7.35. The van der Waals surface area contributed by atoms with Gasteiger partial charge in [-0.3, -0.25) is 0 Å². The summed E-state index contributed by atoms with van der Waals surface area (Å²) in [5, 5.41) is 0. The number of rotatable bonds is 8. The number of hydrogen-bond donors (Lipinski definition) is 0. The van der Waals surface area contributed by atoms with Crippen molar-refractivity contribution in [2.24, 2.45) is 0 Å². The molecule has 0 bridgehead atoms. The van der Waals surface area contributed by atoms with Crippen LogP contribution in [-0.2, 0) is 0 Å². The van der Waals surface area contributed by atoms with Gasteiger partial charge in [-0.15, -0.1) is 0 Å². The second-order valence-corrected chi connectivity index (χ2v) is 5.32. The Bertz CT molecular complexity index is 355. The van der Waals surface area contributed by atoms with Crippen molar-refractivity contribution in [2.45, 2.75) is 66.2 Å². The van der Waals surface area contributed by atoms with Crippen molar-refractivity contribution in [2.75, 3.05) is 6.61 Å². The van der Waals surface area contributed by atoms with Crippen LogP contribution in [-0.4, -0.2) is 6.61 Å². The topological polar surface area (TPSA) is 9.23 Å². The average molecular weight is 248 g/mol. The zero-order valence-corrected chi connectivity index (χ0v) is 12.5. The van der Waals surface area contributed by atoms with Crippen LogP contribution in [0.2, 0.25) is 0 Å². The van der Waals surface area contributed by atoms with E-state index in [0.29, 0.717) is 0 Å². The molecular formula is C17H28O. The van der Waals surface area contributed by atoms with Crippen molar-refractivity contribution in [3.05, 3.63) is 28.8 Å². The lowest BCUT2D eigenvalue weighted by atomic mass is 10.1. The van der Waals surface area contributed by atoms with Crippen LogP contribution in [0.4, 0.5) is 0 Å². The molecule has 1 aromatic carbocycles. The number of aryl methyl sites for hydroxylation is 3. The molecule has 1 rings (SSSR count). The first-order valence-corrected chi connectivity index (χ1v) is 7.35. The Balaban J connectivity index is 2.25. The molecule has 1 nitrogen and oxygen atoms in total. The summed E-state index contributed by atoms with van der Waals surface area (Å²) in [6, 6.07) is 4.38. The molecule has 0 aliphatic rings. The van der Waals surface area contributed by atoms with Crippen molar-refractivity contribution < 1.29 is 4.74 Å². The molecule has 0 saturated carbocycles. The van der Waals surface area contributed by atoms with Crippen LogP contribution >= 0.6 is 0 Å². The molecule has 0 atom stereocenters. The Labute approximate surface area is 113 Å². The van der Waals surface area contributed by atoms with Gasteiger partial charge in [-0.05, 0) is 49.9 Å². The molecule has 0 fully saturated rings. The van der Waals surface area contributed by atoms with Crippen molar-refractivity contribution in [3.63, 3.8) is 0 Å². The maximum atomic E-state index is 5.88. The molecule has 18 heavy (non-hydrogen) atoms. The van der Waals surface area contributed by atoms with Crippen LogP contribution in [0.15, 0.2) is 12.1 Å². The van der Waals surface area contributed by atoms with Gasteiger partial charge in [-0.1, -0.05) is 45.1 Å². The first-order chi connectivity index (χ1) is 8.65. The number of hydrogen-bond acceptors (Lipinski definition) is 1. The molecule has 0 spiro atoms. The van der Waals surface area contributed by atoms with Gasteiger partial charge in [-0.25, -0.2) is 0 Å². The van der Waals surface area contributed by atoms with Gasteiger partial charge >= 0.3 is 0 Å². The summed E-state index contributed by atoms with van der Waals surface area (Å²) in [7, 11) is 0. The molecule has 102 valence electrons. The van der Waals surface area contributed by atoms with E-state index in [1.165, 1.54) is 55.2 Å². The molecule has 0 radical (unpaired) electrons. The van der Waals surface area contributed by atoms with Gasteiger partial charge < -0.3 is 4.74 Å². The number of unbranched alkanes of at least 4 members (excludes halogenated alkanes) is 5. The highest BCUT2D eigenvalue weighted by atomic mass is 16.5. The second-order valence-electron chi connectivity index (χ2n) is 5.32. The van der Waals surface area contributed by atoms with E-state index in [0.717, 1.165) is 12.4 Å². The third-order valence-electron chi connectivity index (χ3n) is 3.55. The fraction of sp³-hybridized carbons (Fsp3) is 0.647. The third kappa shape index (κ3) is 5.12. The van der Waals surface area contributed by atoms with Crippen molar-refractivity contribution in [3.8, 4) is 5.75 Å². The molecule has 1 heteroatoms. The maximum absolute atomic E-state index is 5.88. The molecule has 0 N–H and O–H groups in total. The van der Waals surface area contributed by atoms with Crippen LogP contribution in [0.25, 0.3) is 0 Å². The zero-order valence-electron chi connectivity index (χ0n) is 12.5. The zero-order chi connectivity index (χ0) is 13.4. The lowest BCUT2D eigenvalue weighted by Crippen LogP contribution is -2.00. The molecule has 0 saturated heterocycles.